The minimum atomic E-state index is 0.662. The van der Waals surface area contributed by atoms with Crippen LogP contribution in [0.1, 0.15) is 0 Å². The molecule has 0 unspecified atom stereocenters. The summed E-state index contributed by atoms with van der Waals surface area (Å²) in [5.41, 5.74) is 12.2. The molecular weight excluding hydrogens is 611 g/mol. The Kier molecular flexibility index (Phi) is 6.46. The van der Waals surface area contributed by atoms with Crippen molar-refractivity contribution in [3.63, 3.8) is 0 Å². The first-order valence-corrected chi connectivity index (χ1v) is 16.8. The van der Waals surface area contributed by atoms with Crippen LogP contribution < -0.4 is 0 Å². The summed E-state index contributed by atoms with van der Waals surface area (Å²) in [6.07, 6.45) is 0. The van der Waals surface area contributed by atoms with Gasteiger partial charge >= 0.3 is 0 Å². The summed E-state index contributed by atoms with van der Waals surface area (Å²) >= 11 is 0. The van der Waals surface area contributed by atoms with Crippen molar-refractivity contribution in [3.05, 3.63) is 176 Å². The average Bonchev–Trinajstić information content (AvgIpc) is 3.73. The van der Waals surface area contributed by atoms with Gasteiger partial charge in [0.25, 0.3) is 0 Å². The van der Waals surface area contributed by atoms with Crippen molar-refractivity contribution < 1.29 is 4.42 Å². The lowest BCUT2D eigenvalue weighted by Crippen LogP contribution is -1.95. The minimum Gasteiger partial charge on any atom is -0.456 e. The first-order valence-electron chi connectivity index (χ1n) is 16.8. The van der Waals surface area contributed by atoms with Gasteiger partial charge < -0.3 is 8.98 Å². The highest BCUT2D eigenvalue weighted by Crippen LogP contribution is 2.38. The van der Waals surface area contributed by atoms with Crippen molar-refractivity contribution in [1.82, 2.24) is 14.5 Å². The van der Waals surface area contributed by atoms with E-state index < -0.39 is 0 Å². The number of benzene rings is 7. The second kappa shape index (κ2) is 11.4. The van der Waals surface area contributed by atoms with E-state index in [2.05, 4.69) is 144 Å². The van der Waals surface area contributed by atoms with E-state index in [-0.39, 0.29) is 0 Å². The summed E-state index contributed by atoms with van der Waals surface area (Å²) in [4.78, 5) is 10.1. The molecule has 0 aliphatic rings. The summed E-state index contributed by atoms with van der Waals surface area (Å²) < 4.78 is 8.93. The average molecular weight is 640 g/mol. The smallest absolute Gasteiger partial charge is 0.160 e. The number of hydrogen-bond acceptors (Lipinski definition) is 3. The fourth-order valence-corrected chi connectivity index (χ4v) is 7.19. The molecule has 0 aliphatic carbocycles. The van der Waals surface area contributed by atoms with Gasteiger partial charge in [-0.1, -0.05) is 121 Å². The Morgan fingerprint density at radius 1 is 0.360 bits per heavy atom. The molecule has 0 N–H and O–H groups in total. The molecule has 7 aromatic carbocycles. The zero-order valence-electron chi connectivity index (χ0n) is 27.0. The quantitative estimate of drug-likeness (QED) is 0.188. The van der Waals surface area contributed by atoms with Crippen molar-refractivity contribution in [3.8, 4) is 50.7 Å². The van der Waals surface area contributed by atoms with Crippen LogP contribution in [-0.2, 0) is 0 Å². The van der Waals surface area contributed by atoms with Crippen LogP contribution >= 0.6 is 0 Å². The standard InChI is InChI=1S/C46H29N3O/c1-4-12-30(13-5-1)40-29-41(31-14-6-2-7-15-31)48-46(47-40)34-22-25-39-38-24-21-33(27-44(38)50-45(39)28-34)32-20-23-37-36-18-10-11-19-42(36)49(43(37)26-32)35-16-8-3-9-17-35/h1-29H. The highest BCUT2D eigenvalue weighted by Gasteiger charge is 2.16. The third-order valence-corrected chi connectivity index (χ3v) is 9.62. The van der Waals surface area contributed by atoms with Gasteiger partial charge in [-0.05, 0) is 65.7 Å². The monoisotopic (exact) mass is 639 g/mol. The van der Waals surface area contributed by atoms with Gasteiger partial charge in [-0.2, -0.15) is 0 Å². The topological polar surface area (TPSA) is 43.9 Å². The van der Waals surface area contributed by atoms with E-state index in [0.29, 0.717) is 5.82 Å². The van der Waals surface area contributed by atoms with Gasteiger partial charge in [-0.3, -0.25) is 0 Å². The van der Waals surface area contributed by atoms with E-state index in [4.69, 9.17) is 14.4 Å². The molecule has 4 nitrogen and oxygen atoms in total. The maximum Gasteiger partial charge on any atom is 0.160 e. The zero-order valence-corrected chi connectivity index (χ0v) is 27.0. The number of fused-ring (bicyclic) bond motifs is 6. The maximum absolute atomic E-state index is 6.57. The normalized spacial score (nSPS) is 11.6. The van der Waals surface area contributed by atoms with Crippen molar-refractivity contribution in [2.75, 3.05) is 0 Å². The van der Waals surface area contributed by atoms with E-state index in [1.165, 1.54) is 21.8 Å². The third kappa shape index (κ3) is 4.69. The molecule has 0 radical (unpaired) electrons. The van der Waals surface area contributed by atoms with E-state index in [9.17, 15) is 0 Å². The molecule has 0 amide bonds. The van der Waals surface area contributed by atoms with Crippen LogP contribution in [0.4, 0.5) is 0 Å². The van der Waals surface area contributed by atoms with Crippen molar-refractivity contribution in [2.45, 2.75) is 0 Å². The van der Waals surface area contributed by atoms with Crippen LogP contribution in [0.25, 0.3) is 94.5 Å². The lowest BCUT2D eigenvalue weighted by atomic mass is 10.0. The van der Waals surface area contributed by atoms with Gasteiger partial charge in [0, 0.05) is 43.9 Å². The summed E-state index contributed by atoms with van der Waals surface area (Å²) in [5.74, 6) is 0.662. The van der Waals surface area contributed by atoms with E-state index >= 15 is 0 Å². The van der Waals surface area contributed by atoms with Crippen LogP contribution in [-0.4, -0.2) is 14.5 Å². The Hall–Kier alpha value is -6.78. The largest absolute Gasteiger partial charge is 0.456 e. The van der Waals surface area contributed by atoms with Gasteiger partial charge in [-0.15, -0.1) is 0 Å². The molecule has 3 heterocycles. The first-order chi connectivity index (χ1) is 24.8. The number of rotatable bonds is 5. The molecule has 0 saturated heterocycles. The SMILES string of the molecule is c1ccc(-c2cc(-c3ccccc3)nc(-c3ccc4c(c3)oc3cc(-c5ccc6c7ccccc7n(-c7ccccc7)c6c5)ccc34)n2)cc1. The van der Waals surface area contributed by atoms with Crippen molar-refractivity contribution in [1.29, 1.82) is 0 Å². The molecule has 0 fully saturated rings. The number of furan rings is 1. The van der Waals surface area contributed by atoms with Gasteiger partial charge in [0.05, 0.1) is 22.4 Å². The number of hydrogen-bond donors (Lipinski definition) is 0. The maximum atomic E-state index is 6.57. The molecule has 10 rings (SSSR count). The third-order valence-electron chi connectivity index (χ3n) is 9.62. The Morgan fingerprint density at radius 2 is 0.860 bits per heavy atom. The van der Waals surface area contributed by atoms with Crippen LogP contribution in [0, 0.1) is 0 Å². The molecule has 0 spiro atoms. The molecule has 0 aliphatic heterocycles. The Morgan fingerprint density at radius 3 is 1.52 bits per heavy atom. The molecule has 0 saturated carbocycles. The second-order valence-corrected chi connectivity index (χ2v) is 12.6. The fraction of sp³-hybridized carbons (Fsp3) is 0. The summed E-state index contributed by atoms with van der Waals surface area (Å²) in [6.45, 7) is 0. The Balaban J connectivity index is 1.08. The fourth-order valence-electron chi connectivity index (χ4n) is 7.19. The molecular formula is C46H29N3O. The van der Waals surface area contributed by atoms with Gasteiger partial charge in [0.1, 0.15) is 11.2 Å². The van der Waals surface area contributed by atoms with E-state index in [0.717, 1.165) is 66.8 Å². The van der Waals surface area contributed by atoms with Crippen LogP contribution in [0.3, 0.4) is 0 Å². The Bertz CT molecular complexity index is 2800. The highest BCUT2D eigenvalue weighted by molar-refractivity contribution is 6.11. The van der Waals surface area contributed by atoms with Crippen LogP contribution in [0.2, 0.25) is 0 Å². The molecule has 4 heteroatoms. The minimum absolute atomic E-state index is 0.662. The summed E-state index contributed by atoms with van der Waals surface area (Å²) in [6, 6.07) is 61.4. The predicted octanol–water partition coefficient (Wildman–Crippen LogP) is 12.1. The lowest BCUT2D eigenvalue weighted by molar-refractivity contribution is 0.669. The zero-order chi connectivity index (χ0) is 33.0. The van der Waals surface area contributed by atoms with Crippen molar-refractivity contribution >= 4 is 43.7 Å². The number of aromatic nitrogens is 3. The van der Waals surface area contributed by atoms with Gasteiger partial charge in [0.15, 0.2) is 5.82 Å². The van der Waals surface area contributed by atoms with E-state index in [1.807, 2.05) is 36.4 Å². The highest BCUT2D eigenvalue weighted by atomic mass is 16.3. The summed E-state index contributed by atoms with van der Waals surface area (Å²) in [7, 11) is 0. The molecule has 0 atom stereocenters. The number of para-hydroxylation sites is 2. The molecule has 10 aromatic rings. The van der Waals surface area contributed by atoms with Gasteiger partial charge in [0.2, 0.25) is 0 Å². The Labute approximate surface area is 288 Å². The molecule has 50 heavy (non-hydrogen) atoms. The molecule has 3 aromatic heterocycles. The van der Waals surface area contributed by atoms with Crippen LogP contribution in [0.5, 0.6) is 0 Å². The van der Waals surface area contributed by atoms with Gasteiger partial charge in [-0.25, -0.2) is 9.97 Å². The summed E-state index contributed by atoms with van der Waals surface area (Å²) in [5, 5.41) is 4.63. The first kappa shape index (κ1) is 28.3. The predicted molar refractivity (Wildman–Crippen MR) is 205 cm³/mol. The lowest BCUT2D eigenvalue weighted by Gasteiger charge is -2.09. The van der Waals surface area contributed by atoms with Crippen LogP contribution in [0.15, 0.2) is 180 Å². The molecule has 0 bridgehead atoms. The second-order valence-electron chi connectivity index (χ2n) is 12.6. The number of nitrogens with zero attached hydrogens (tertiary/aromatic N) is 3. The van der Waals surface area contributed by atoms with E-state index in [1.54, 1.807) is 0 Å². The molecule has 234 valence electrons. The van der Waals surface area contributed by atoms with Crippen molar-refractivity contribution in [2.24, 2.45) is 0 Å².